The molecule has 1 aliphatic heterocycles. The Morgan fingerprint density at radius 2 is 0.909 bits per heavy atom. The molecule has 0 bridgehead atoms. The summed E-state index contributed by atoms with van der Waals surface area (Å²) in [6.45, 7) is 5.16. The summed E-state index contributed by atoms with van der Waals surface area (Å²) in [6, 6.07) is 0. The lowest BCUT2D eigenvalue weighted by molar-refractivity contribution is -0.180. The second kappa shape index (κ2) is 31.3. The molecule has 0 saturated carbocycles. The molecule has 0 aromatic carbocycles. The van der Waals surface area contributed by atoms with Gasteiger partial charge in [-0.15, -0.1) is 0 Å². The lowest BCUT2D eigenvalue weighted by Crippen LogP contribution is -2.31. The minimum Gasteiger partial charge on any atom is -0.396 e. The predicted molar refractivity (Wildman–Crippen MR) is 193 cm³/mol. The molecule has 0 aliphatic carbocycles. The van der Waals surface area contributed by atoms with E-state index in [1.807, 2.05) is 0 Å². The average Bonchev–Trinajstić information content (AvgIpc) is 3.43. The van der Waals surface area contributed by atoms with Gasteiger partial charge in [-0.05, 0) is 83.5 Å². The number of aliphatic hydroxyl groups is 1. The maximum atomic E-state index is 9.39. The lowest BCUT2D eigenvalue weighted by atomic mass is 9.98. The minimum atomic E-state index is -0.406. The first-order valence-electron chi connectivity index (χ1n) is 18.6. The molecule has 0 aromatic heterocycles. The summed E-state index contributed by atoms with van der Waals surface area (Å²) in [5.74, 6) is -0.406. The molecule has 0 amide bonds. The molecule has 1 heterocycles. The van der Waals surface area contributed by atoms with Gasteiger partial charge in [0.15, 0.2) is 5.79 Å². The molecule has 1 rings (SSSR count). The molecule has 1 unspecified atom stereocenters. The van der Waals surface area contributed by atoms with Gasteiger partial charge in [-0.1, -0.05) is 138 Å². The number of hydrogen-bond acceptors (Lipinski definition) is 3. The zero-order valence-electron chi connectivity index (χ0n) is 28.9. The Bertz CT molecular complexity index is 734. The van der Waals surface area contributed by atoms with Gasteiger partial charge in [0.2, 0.25) is 0 Å². The van der Waals surface area contributed by atoms with Crippen LogP contribution < -0.4 is 0 Å². The van der Waals surface area contributed by atoms with Crippen molar-refractivity contribution >= 4 is 0 Å². The van der Waals surface area contributed by atoms with E-state index in [2.05, 4.69) is 86.8 Å². The minimum absolute atomic E-state index is 0.0582. The topological polar surface area (TPSA) is 38.7 Å². The van der Waals surface area contributed by atoms with E-state index < -0.39 is 5.79 Å². The predicted octanol–water partition coefficient (Wildman–Crippen LogP) is 12.4. The van der Waals surface area contributed by atoms with Crippen LogP contribution in [0.15, 0.2) is 72.9 Å². The molecular weight excluding hydrogens is 540 g/mol. The molecule has 1 aliphatic rings. The summed E-state index contributed by atoms with van der Waals surface area (Å²) in [5, 5.41) is 9.39. The zero-order chi connectivity index (χ0) is 31.7. The Balaban J connectivity index is 2.10. The first-order valence-corrected chi connectivity index (χ1v) is 18.6. The Labute approximate surface area is 273 Å². The maximum absolute atomic E-state index is 9.39. The highest BCUT2D eigenvalue weighted by molar-refractivity contribution is 4.98. The highest BCUT2D eigenvalue weighted by Crippen LogP contribution is 2.35. The van der Waals surface area contributed by atoms with Gasteiger partial charge in [0, 0.05) is 19.4 Å². The number of hydrogen-bond donors (Lipinski definition) is 1. The SMILES string of the molecule is CCC=CCC=CCC=CCCCCCCCCC1(CCCCCCCCC=CCC=CCC=CCC)OCC(CCO)O1. The normalized spacial score (nSPS) is 19.6. The number of unbranched alkanes of at least 4 members (excludes halogenated alkanes) is 12. The highest BCUT2D eigenvalue weighted by atomic mass is 16.7. The zero-order valence-corrected chi connectivity index (χ0v) is 28.9. The molecule has 1 atom stereocenters. The van der Waals surface area contributed by atoms with Crippen LogP contribution >= 0.6 is 0 Å². The van der Waals surface area contributed by atoms with Gasteiger partial charge in [-0.25, -0.2) is 0 Å². The quantitative estimate of drug-likeness (QED) is 0.0649. The lowest BCUT2D eigenvalue weighted by Gasteiger charge is -2.28. The fraction of sp³-hybridized carbons (Fsp3) is 0.707. The van der Waals surface area contributed by atoms with Gasteiger partial charge in [0.25, 0.3) is 0 Å². The van der Waals surface area contributed by atoms with Crippen LogP contribution in [0.5, 0.6) is 0 Å². The van der Waals surface area contributed by atoms with Crippen molar-refractivity contribution in [1.29, 1.82) is 0 Å². The van der Waals surface area contributed by atoms with Gasteiger partial charge >= 0.3 is 0 Å². The monoisotopic (exact) mass is 611 g/mol. The Morgan fingerprint density at radius 3 is 1.34 bits per heavy atom. The molecule has 44 heavy (non-hydrogen) atoms. The molecule has 3 heteroatoms. The average molecular weight is 611 g/mol. The third-order valence-electron chi connectivity index (χ3n) is 8.28. The van der Waals surface area contributed by atoms with Crippen molar-refractivity contribution in [2.45, 2.75) is 173 Å². The summed E-state index contributed by atoms with van der Waals surface area (Å²) in [6.07, 6.45) is 54.2. The second-order valence-electron chi connectivity index (χ2n) is 12.4. The van der Waals surface area contributed by atoms with Crippen molar-refractivity contribution in [2.75, 3.05) is 13.2 Å². The van der Waals surface area contributed by atoms with Crippen molar-refractivity contribution in [3.8, 4) is 0 Å². The highest BCUT2D eigenvalue weighted by Gasteiger charge is 2.40. The smallest absolute Gasteiger partial charge is 0.168 e. The Kier molecular flexibility index (Phi) is 28.7. The molecular formula is C41H70O3. The van der Waals surface area contributed by atoms with Crippen LogP contribution in [0.4, 0.5) is 0 Å². The molecule has 252 valence electrons. The fourth-order valence-corrected chi connectivity index (χ4v) is 5.67. The van der Waals surface area contributed by atoms with Crippen LogP contribution in [-0.4, -0.2) is 30.2 Å². The van der Waals surface area contributed by atoms with Crippen LogP contribution in [-0.2, 0) is 9.47 Å². The largest absolute Gasteiger partial charge is 0.396 e. The van der Waals surface area contributed by atoms with Gasteiger partial charge < -0.3 is 14.6 Å². The summed E-state index contributed by atoms with van der Waals surface area (Å²) >= 11 is 0. The summed E-state index contributed by atoms with van der Waals surface area (Å²) < 4.78 is 12.7. The summed E-state index contributed by atoms with van der Waals surface area (Å²) in [7, 11) is 0. The Hall–Kier alpha value is -1.68. The molecule has 1 fully saturated rings. The van der Waals surface area contributed by atoms with Gasteiger partial charge in [-0.3, -0.25) is 0 Å². The van der Waals surface area contributed by atoms with Crippen LogP contribution in [0, 0.1) is 0 Å². The standard InChI is InChI=1S/C41H70O3/c1-3-5-7-9-11-13-15-17-19-21-23-25-27-29-31-33-36-41(43-39-40(44-41)35-38-42)37-34-32-30-28-26-24-22-20-18-16-14-12-10-8-6-4-2/h5-8,11-14,17-20,40,42H,3-4,9-10,15-16,21-39H2,1-2H3. The second-order valence-corrected chi connectivity index (χ2v) is 12.4. The van der Waals surface area contributed by atoms with E-state index in [0.29, 0.717) is 13.0 Å². The third kappa shape index (κ3) is 24.6. The maximum Gasteiger partial charge on any atom is 0.168 e. The van der Waals surface area contributed by atoms with Crippen molar-refractivity contribution in [3.63, 3.8) is 0 Å². The third-order valence-corrected chi connectivity index (χ3v) is 8.28. The van der Waals surface area contributed by atoms with E-state index in [-0.39, 0.29) is 12.7 Å². The fourth-order valence-electron chi connectivity index (χ4n) is 5.67. The van der Waals surface area contributed by atoms with Crippen LogP contribution in [0.3, 0.4) is 0 Å². The van der Waals surface area contributed by atoms with E-state index in [0.717, 1.165) is 51.4 Å². The van der Waals surface area contributed by atoms with E-state index in [1.165, 1.54) is 89.9 Å². The van der Waals surface area contributed by atoms with Crippen LogP contribution in [0.1, 0.15) is 162 Å². The molecule has 0 aromatic rings. The first-order chi connectivity index (χ1) is 21.8. The number of rotatable bonds is 30. The number of ether oxygens (including phenoxy) is 2. The van der Waals surface area contributed by atoms with Gasteiger partial charge in [-0.2, -0.15) is 0 Å². The number of aliphatic hydroxyl groups excluding tert-OH is 1. The molecule has 1 saturated heterocycles. The van der Waals surface area contributed by atoms with Gasteiger partial charge in [0.05, 0.1) is 12.7 Å². The molecule has 3 nitrogen and oxygen atoms in total. The van der Waals surface area contributed by atoms with Crippen LogP contribution in [0.2, 0.25) is 0 Å². The van der Waals surface area contributed by atoms with E-state index in [9.17, 15) is 5.11 Å². The van der Waals surface area contributed by atoms with Crippen molar-refractivity contribution < 1.29 is 14.6 Å². The Morgan fingerprint density at radius 1 is 0.523 bits per heavy atom. The van der Waals surface area contributed by atoms with Gasteiger partial charge in [0.1, 0.15) is 0 Å². The van der Waals surface area contributed by atoms with Crippen molar-refractivity contribution in [1.82, 2.24) is 0 Å². The van der Waals surface area contributed by atoms with E-state index >= 15 is 0 Å². The van der Waals surface area contributed by atoms with E-state index in [1.54, 1.807) is 0 Å². The first kappa shape index (κ1) is 40.3. The van der Waals surface area contributed by atoms with Crippen LogP contribution in [0.25, 0.3) is 0 Å². The number of allylic oxidation sites excluding steroid dienone is 12. The molecule has 0 spiro atoms. The van der Waals surface area contributed by atoms with Crippen molar-refractivity contribution in [2.24, 2.45) is 0 Å². The molecule has 1 N–H and O–H groups in total. The summed E-state index contributed by atoms with van der Waals surface area (Å²) in [4.78, 5) is 0. The summed E-state index contributed by atoms with van der Waals surface area (Å²) in [5.41, 5.74) is 0. The molecule has 0 radical (unpaired) electrons. The van der Waals surface area contributed by atoms with Crippen molar-refractivity contribution in [3.05, 3.63) is 72.9 Å². The van der Waals surface area contributed by atoms with E-state index in [4.69, 9.17) is 9.47 Å².